The maximum atomic E-state index is 11.0. The van der Waals surface area contributed by atoms with Crippen LogP contribution in [0.25, 0.3) is 0 Å². The maximum Gasteiger partial charge on any atom is 0.248 e. The number of nitrogens with one attached hydrogen (secondary N) is 1. The standard InChI is InChI=1S/C14H19BN2O.C3H8.C2H5N/c15-8-5-11-6-9-17(10-7-11)13-3-1-12(2-4-13)14(16)18;1-3-2;1-2-3/h1-4,11H,5-10H2,(H2,16,18);3H2,1-2H3;2-3H,1H3. The number of piperidine rings is 1. The second-order valence-electron chi connectivity index (χ2n) is 5.91. The summed E-state index contributed by atoms with van der Waals surface area (Å²) in [7, 11) is 5.59. The Bertz CT molecular complexity index is 454. The van der Waals surface area contributed by atoms with Crippen LogP contribution in [0.1, 0.15) is 56.8 Å². The first-order valence-corrected chi connectivity index (χ1v) is 8.83. The Hall–Kier alpha value is -1.78. The van der Waals surface area contributed by atoms with Crippen LogP contribution in [0.3, 0.4) is 0 Å². The van der Waals surface area contributed by atoms with Crippen molar-refractivity contribution in [2.24, 2.45) is 11.7 Å². The molecular formula is C19H32BN3O. The van der Waals surface area contributed by atoms with Gasteiger partial charge in [-0.2, -0.15) is 0 Å². The zero-order chi connectivity index (χ0) is 18.4. The van der Waals surface area contributed by atoms with Crippen LogP contribution >= 0.6 is 0 Å². The van der Waals surface area contributed by atoms with Gasteiger partial charge in [-0.25, -0.2) is 0 Å². The SMILES string of the molecule is CC=N.CCC.[B]CCC1CCN(c2ccc(C(N)=O)cc2)CC1. The highest BCUT2D eigenvalue weighted by molar-refractivity contribution is 6.08. The Morgan fingerprint density at radius 2 is 1.75 bits per heavy atom. The number of hydrogen-bond donors (Lipinski definition) is 2. The Labute approximate surface area is 148 Å². The highest BCUT2D eigenvalue weighted by Crippen LogP contribution is 2.25. The molecule has 24 heavy (non-hydrogen) atoms. The van der Waals surface area contributed by atoms with Crippen LogP contribution in [-0.2, 0) is 0 Å². The molecule has 2 radical (unpaired) electrons. The number of rotatable bonds is 4. The molecule has 0 spiro atoms. The van der Waals surface area contributed by atoms with E-state index in [1.807, 2.05) is 12.1 Å². The van der Waals surface area contributed by atoms with Gasteiger partial charge in [-0.1, -0.05) is 33.0 Å². The molecule has 5 heteroatoms. The summed E-state index contributed by atoms with van der Waals surface area (Å²) in [5.41, 5.74) is 6.97. The summed E-state index contributed by atoms with van der Waals surface area (Å²) in [5, 5.41) is 6.08. The Morgan fingerprint density at radius 1 is 1.29 bits per heavy atom. The summed E-state index contributed by atoms with van der Waals surface area (Å²) >= 11 is 0. The molecule has 132 valence electrons. The molecule has 0 aromatic heterocycles. The number of nitrogens with two attached hydrogens (primary N) is 1. The highest BCUT2D eigenvalue weighted by atomic mass is 16.1. The average molecular weight is 329 g/mol. The van der Waals surface area contributed by atoms with Gasteiger partial charge in [0.2, 0.25) is 5.91 Å². The average Bonchev–Trinajstić information content (AvgIpc) is 2.57. The summed E-state index contributed by atoms with van der Waals surface area (Å²) in [4.78, 5) is 13.4. The van der Waals surface area contributed by atoms with Gasteiger partial charge in [-0.15, -0.1) is 0 Å². The second-order valence-corrected chi connectivity index (χ2v) is 5.91. The van der Waals surface area contributed by atoms with Gasteiger partial charge in [-0.05, 0) is 56.2 Å². The number of hydrogen-bond acceptors (Lipinski definition) is 3. The molecular weight excluding hydrogens is 297 g/mol. The number of amides is 1. The lowest BCUT2D eigenvalue weighted by Gasteiger charge is -2.33. The highest BCUT2D eigenvalue weighted by Gasteiger charge is 2.18. The smallest absolute Gasteiger partial charge is 0.248 e. The Kier molecular flexibility index (Phi) is 12.6. The predicted molar refractivity (Wildman–Crippen MR) is 105 cm³/mol. The van der Waals surface area contributed by atoms with Crippen molar-refractivity contribution in [3.63, 3.8) is 0 Å². The van der Waals surface area contributed by atoms with Gasteiger partial charge in [0.1, 0.15) is 0 Å². The minimum Gasteiger partial charge on any atom is -0.372 e. The van der Waals surface area contributed by atoms with Crippen molar-refractivity contribution in [3.05, 3.63) is 29.8 Å². The zero-order valence-electron chi connectivity index (χ0n) is 15.4. The molecule has 3 N–H and O–H groups in total. The lowest BCUT2D eigenvalue weighted by Crippen LogP contribution is -2.33. The van der Waals surface area contributed by atoms with Crippen molar-refractivity contribution in [3.8, 4) is 0 Å². The van der Waals surface area contributed by atoms with Gasteiger partial charge < -0.3 is 16.0 Å². The van der Waals surface area contributed by atoms with Crippen molar-refractivity contribution in [2.45, 2.75) is 52.8 Å². The minimum absolute atomic E-state index is 0.372. The third-order valence-corrected chi connectivity index (χ3v) is 3.71. The first kappa shape index (κ1) is 22.2. The topological polar surface area (TPSA) is 70.2 Å². The first-order valence-electron chi connectivity index (χ1n) is 8.83. The Balaban J connectivity index is 0.000000772. The molecule has 0 bridgehead atoms. The van der Waals surface area contributed by atoms with E-state index in [2.05, 4.69) is 18.7 Å². The van der Waals surface area contributed by atoms with E-state index in [9.17, 15) is 4.79 Å². The fraction of sp³-hybridized carbons (Fsp3) is 0.579. The van der Waals surface area contributed by atoms with E-state index in [4.69, 9.17) is 19.0 Å². The van der Waals surface area contributed by atoms with Crippen LogP contribution in [0.4, 0.5) is 5.69 Å². The molecule has 1 aromatic rings. The van der Waals surface area contributed by atoms with Crippen molar-refractivity contribution >= 4 is 25.7 Å². The largest absolute Gasteiger partial charge is 0.372 e. The van der Waals surface area contributed by atoms with E-state index in [1.54, 1.807) is 19.1 Å². The van der Waals surface area contributed by atoms with E-state index in [0.717, 1.165) is 31.7 Å². The van der Waals surface area contributed by atoms with Gasteiger partial charge in [0.05, 0.1) is 7.85 Å². The molecule has 2 rings (SSSR count). The third-order valence-electron chi connectivity index (χ3n) is 3.71. The summed E-state index contributed by atoms with van der Waals surface area (Å²) in [6, 6.07) is 7.54. The number of primary amides is 1. The zero-order valence-corrected chi connectivity index (χ0v) is 15.4. The molecule has 1 heterocycles. The molecule has 0 atom stereocenters. The van der Waals surface area contributed by atoms with Crippen LogP contribution in [0, 0.1) is 11.3 Å². The molecule has 1 aromatic carbocycles. The van der Waals surface area contributed by atoms with Crippen LogP contribution in [0.2, 0.25) is 6.32 Å². The van der Waals surface area contributed by atoms with Gasteiger partial charge in [0, 0.05) is 24.3 Å². The van der Waals surface area contributed by atoms with E-state index < -0.39 is 0 Å². The number of nitrogens with zero attached hydrogens (tertiary/aromatic N) is 1. The fourth-order valence-electron chi connectivity index (χ4n) is 2.55. The monoisotopic (exact) mass is 329 g/mol. The third kappa shape index (κ3) is 8.75. The van der Waals surface area contributed by atoms with Gasteiger partial charge in [0.15, 0.2) is 0 Å². The van der Waals surface area contributed by atoms with Crippen molar-refractivity contribution in [1.29, 1.82) is 5.41 Å². The van der Waals surface area contributed by atoms with Crippen LogP contribution < -0.4 is 10.6 Å². The van der Waals surface area contributed by atoms with Gasteiger partial charge >= 0.3 is 0 Å². The number of anilines is 1. The maximum absolute atomic E-state index is 11.0. The number of carbonyl (C=O) groups excluding carboxylic acids is 1. The first-order chi connectivity index (χ1) is 11.5. The summed E-state index contributed by atoms with van der Waals surface area (Å²) in [5.74, 6) is 0.402. The lowest BCUT2D eigenvalue weighted by atomic mass is 9.87. The van der Waals surface area contributed by atoms with Crippen LogP contribution in [-0.4, -0.2) is 33.1 Å². The molecule has 1 amide bonds. The summed E-state index contributed by atoms with van der Waals surface area (Å²) < 4.78 is 0. The van der Waals surface area contributed by atoms with Gasteiger partial charge in [0.25, 0.3) is 0 Å². The van der Waals surface area contributed by atoms with Crippen molar-refractivity contribution < 1.29 is 4.79 Å². The van der Waals surface area contributed by atoms with E-state index in [-0.39, 0.29) is 5.91 Å². The van der Waals surface area contributed by atoms with E-state index in [1.165, 1.54) is 31.2 Å². The molecule has 1 aliphatic heterocycles. The van der Waals surface area contributed by atoms with Crippen molar-refractivity contribution in [2.75, 3.05) is 18.0 Å². The number of carbonyl (C=O) groups is 1. The van der Waals surface area contributed by atoms with E-state index in [0.29, 0.717) is 5.56 Å². The second kappa shape index (κ2) is 13.6. The summed E-state index contributed by atoms with van der Waals surface area (Å²) in [6.07, 6.45) is 6.83. The van der Waals surface area contributed by atoms with E-state index >= 15 is 0 Å². The Morgan fingerprint density at radius 3 is 2.12 bits per heavy atom. The molecule has 1 saturated heterocycles. The lowest BCUT2D eigenvalue weighted by molar-refractivity contribution is 0.100. The van der Waals surface area contributed by atoms with Crippen molar-refractivity contribution in [1.82, 2.24) is 0 Å². The fourth-order valence-corrected chi connectivity index (χ4v) is 2.55. The molecule has 1 fully saturated rings. The normalized spacial score (nSPS) is 13.9. The van der Waals surface area contributed by atoms with Crippen LogP contribution in [0.15, 0.2) is 24.3 Å². The minimum atomic E-state index is -0.372. The molecule has 0 unspecified atom stereocenters. The van der Waals surface area contributed by atoms with Gasteiger partial charge in [-0.3, -0.25) is 4.79 Å². The number of benzene rings is 1. The molecule has 0 aliphatic carbocycles. The molecule has 0 saturated carbocycles. The molecule has 1 aliphatic rings. The molecule has 4 nitrogen and oxygen atoms in total. The summed E-state index contributed by atoms with van der Waals surface area (Å²) in [6.45, 7) is 8.06. The quantitative estimate of drug-likeness (QED) is 0.646. The van der Waals surface area contributed by atoms with Crippen LogP contribution in [0.5, 0.6) is 0 Å². The predicted octanol–water partition coefficient (Wildman–Crippen LogP) is 4.05.